The van der Waals surface area contributed by atoms with Crippen molar-refractivity contribution in [3.8, 4) is 11.6 Å². The zero-order valence-corrected chi connectivity index (χ0v) is 30.0. The van der Waals surface area contributed by atoms with E-state index in [0.717, 1.165) is 60.2 Å². The van der Waals surface area contributed by atoms with Crippen LogP contribution in [0, 0.1) is 24.7 Å². The number of piperazine rings is 1. The van der Waals surface area contributed by atoms with Gasteiger partial charge in [0, 0.05) is 68.1 Å². The van der Waals surface area contributed by atoms with Crippen LogP contribution in [-0.4, -0.2) is 101 Å². The first-order valence-electron chi connectivity index (χ1n) is 18.2. The summed E-state index contributed by atoms with van der Waals surface area (Å²) in [5.41, 5.74) is 3.41. The van der Waals surface area contributed by atoms with Crippen LogP contribution in [0.2, 0.25) is 0 Å². The van der Waals surface area contributed by atoms with Gasteiger partial charge in [-0.3, -0.25) is 9.36 Å². The highest BCUT2D eigenvalue weighted by molar-refractivity contribution is 5.81. The Morgan fingerprint density at radius 1 is 1.02 bits per heavy atom. The van der Waals surface area contributed by atoms with Crippen LogP contribution < -0.4 is 31.1 Å². The van der Waals surface area contributed by atoms with Crippen LogP contribution in [0.5, 0.6) is 5.88 Å². The summed E-state index contributed by atoms with van der Waals surface area (Å²) in [6, 6.07) is 13.3. The van der Waals surface area contributed by atoms with E-state index in [1.54, 1.807) is 23.9 Å². The zero-order chi connectivity index (χ0) is 35.3. The molecule has 3 aromatic heterocycles. The molecule has 4 aliphatic carbocycles. The topological polar surface area (TPSA) is 133 Å². The van der Waals surface area contributed by atoms with Crippen LogP contribution in [0.4, 0.5) is 27.9 Å². The first-order valence-corrected chi connectivity index (χ1v) is 18.2. The van der Waals surface area contributed by atoms with Gasteiger partial charge < -0.3 is 35.4 Å². The van der Waals surface area contributed by atoms with Crippen molar-refractivity contribution in [1.29, 1.82) is 0 Å². The molecular weight excluding hydrogens is 644 g/mol. The Hall–Kier alpha value is -4.91. The highest BCUT2D eigenvalue weighted by Crippen LogP contribution is 2.60. The molecular formula is C38H48N10O3. The number of likely N-dealkylation sites (N-methyl/N-ethyl adjacent to an activating group) is 1. The maximum Gasteiger partial charge on any atom is 0.317 e. The van der Waals surface area contributed by atoms with Crippen molar-refractivity contribution in [1.82, 2.24) is 34.6 Å². The summed E-state index contributed by atoms with van der Waals surface area (Å²) >= 11 is 0. The van der Waals surface area contributed by atoms with Gasteiger partial charge in [-0.05, 0) is 107 Å². The van der Waals surface area contributed by atoms with Gasteiger partial charge in [-0.25, -0.2) is 9.78 Å². The maximum atomic E-state index is 13.4. The van der Waals surface area contributed by atoms with E-state index < -0.39 is 0 Å². The van der Waals surface area contributed by atoms with Crippen LogP contribution in [0.1, 0.15) is 37.7 Å². The molecule has 1 aliphatic heterocycles. The smallest absolute Gasteiger partial charge is 0.317 e. The number of rotatable bonds is 10. The Bertz CT molecular complexity index is 1990. The van der Waals surface area contributed by atoms with Gasteiger partial charge in [0.1, 0.15) is 11.5 Å². The largest absolute Gasteiger partial charge is 0.479 e. The van der Waals surface area contributed by atoms with Crippen LogP contribution in [-0.2, 0) is 0 Å². The molecule has 9 rings (SSSR count). The molecule has 0 spiro atoms. The van der Waals surface area contributed by atoms with Gasteiger partial charge in [-0.2, -0.15) is 9.97 Å². The van der Waals surface area contributed by atoms with E-state index in [4.69, 9.17) is 14.7 Å². The number of carbonyl (C=O) groups is 1. The highest BCUT2D eigenvalue weighted by Gasteiger charge is 2.58. The number of amides is 2. The quantitative estimate of drug-likeness (QED) is 0.216. The summed E-state index contributed by atoms with van der Waals surface area (Å²) in [7, 11) is 5.66. The lowest BCUT2D eigenvalue weighted by Crippen LogP contribution is -2.58. The molecule has 2 amide bonds. The number of carbonyl (C=O) groups excluding carboxylic acids is 1. The number of urea groups is 1. The fourth-order valence-corrected chi connectivity index (χ4v) is 9.15. The van der Waals surface area contributed by atoms with E-state index >= 15 is 0 Å². The average molecular weight is 693 g/mol. The first-order chi connectivity index (χ1) is 24.7. The molecule has 0 radical (unpaired) electrons. The van der Waals surface area contributed by atoms with Gasteiger partial charge in [0.15, 0.2) is 5.65 Å². The van der Waals surface area contributed by atoms with Crippen molar-refractivity contribution in [2.75, 3.05) is 76.0 Å². The molecule has 1 aromatic carbocycles. The van der Waals surface area contributed by atoms with Crippen molar-refractivity contribution in [3.05, 3.63) is 64.6 Å². The van der Waals surface area contributed by atoms with Gasteiger partial charge in [-0.15, -0.1) is 0 Å². The summed E-state index contributed by atoms with van der Waals surface area (Å²) in [4.78, 5) is 47.3. The molecule has 3 N–H and O–H groups in total. The molecule has 13 heteroatoms. The lowest BCUT2D eigenvalue weighted by atomic mass is 9.80. The molecule has 5 fully saturated rings. The second-order valence-electron chi connectivity index (χ2n) is 15.2. The van der Waals surface area contributed by atoms with E-state index in [-0.39, 0.29) is 17.1 Å². The van der Waals surface area contributed by atoms with Crippen LogP contribution >= 0.6 is 0 Å². The highest BCUT2D eigenvalue weighted by atomic mass is 16.5. The fraction of sp³-hybridized carbons (Fsp3) is 0.500. The number of aromatic nitrogens is 4. The third-order valence-electron chi connectivity index (χ3n) is 11.5. The molecule has 2 unspecified atom stereocenters. The first kappa shape index (κ1) is 33.2. The number of anilines is 4. The number of nitrogens with one attached hydrogen (secondary N) is 3. The molecule has 4 aromatic rings. The summed E-state index contributed by atoms with van der Waals surface area (Å²) in [5, 5.41) is 11.0. The number of fused-ring (bicyclic) bond motifs is 1. The molecule has 268 valence electrons. The summed E-state index contributed by atoms with van der Waals surface area (Å²) in [5.74, 6) is 3.78. The van der Waals surface area contributed by atoms with E-state index in [0.29, 0.717) is 60.9 Å². The number of hydrogen-bond donors (Lipinski definition) is 3. The Balaban J connectivity index is 0.967. The zero-order valence-electron chi connectivity index (χ0n) is 30.0. The predicted octanol–water partition coefficient (Wildman–Crippen LogP) is 4.62. The molecule has 4 bridgehead atoms. The normalized spacial score (nSPS) is 23.7. The number of hydrogen-bond acceptors (Lipinski definition) is 10. The molecule has 5 aliphatic rings. The number of aryl methyl sites for hydroxylation is 1. The number of pyridine rings is 2. The molecule has 2 atom stereocenters. The predicted molar refractivity (Wildman–Crippen MR) is 200 cm³/mol. The van der Waals surface area contributed by atoms with E-state index in [9.17, 15) is 9.59 Å². The van der Waals surface area contributed by atoms with Gasteiger partial charge in [0.25, 0.3) is 5.56 Å². The Morgan fingerprint density at radius 3 is 2.55 bits per heavy atom. The number of methoxy groups -OCH3 is 1. The van der Waals surface area contributed by atoms with Crippen molar-refractivity contribution in [3.63, 3.8) is 0 Å². The fourth-order valence-electron chi connectivity index (χ4n) is 9.15. The van der Waals surface area contributed by atoms with Gasteiger partial charge in [0.2, 0.25) is 11.8 Å². The van der Waals surface area contributed by atoms with Crippen LogP contribution in [0.3, 0.4) is 0 Å². The van der Waals surface area contributed by atoms with Gasteiger partial charge in [0.05, 0.1) is 12.8 Å². The van der Waals surface area contributed by atoms with Crippen molar-refractivity contribution >= 4 is 40.2 Å². The Kier molecular flexibility index (Phi) is 8.69. The lowest BCUT2D eigenvalue weighted by molar-refractivity contribution is 0.167. The van der Waals surface area contributed by atoms with Gasteiger partial charge in [-0.1, -0.05) is 6.07 Å². The van der Waals surface area contributed by atoms with Crippen LogP contribution in [0.15, 0.2) is 53.5 Å². The maximum absolute atomic E-state index is 13.4. The Labute approximate surface area is 298 Å². The third-order valence-corrected chi connectivity index (χ3v) is 11.5. The number of ether oxygens (including phenoxy) is 1. The standard InChI is InChI=1S/C38H48N10O3/c1-24-16-33(49)48(29-7-5-6-28(20-29)39-10-11-45(2)3)34-30(24)23-40-36(43-34)41-31-8-9-32(42-35(31)51-4)46-12-14-47(15-13-46)37(50)44-38-21-25-17-26(22-38)19-27(38)18-25/h5-9,16,20,23,25-27,39H,10-15,17-19,21-22H2,1-4H3,(H,44,50)(H,40,41,43). The van der Waals surface area contributed by atoms with Crippen molar-refractivity contribution in [2.45, 2.75) is 44.6 Å². The van der Waals surface area contributed by atoms with Gasteiger partial charge >= 0.3 is 6.03 Å². The lowest BCUT2D eigenvalue weighted by Gasteiger charge is -2.39. The second-order valence-corrected chi connectivity index (χ2v) is 15.2. The SMILES string of the molecule is COc1nc(N2CCN(C(=O)NC34CC5CC(CC3C5)C4)CC2)ccc1Nc1ncc2c(C)cc(=O)n(-c3cccc(NCCN(C)C)c3)c2n1. The average Bonchev–Trinajstić information content (AvgIpc) is 3.50. The van der Waals surface area contributed by atoms with Crippen molar-refractivity contribution < 1.29 is 9.53 Å². The second kappa shape index (κ2) is 13.3. The van der Waals surface area contributed by atoms with Crippen molar-refractivity contribution in [2.24, 2.45) is 17.8 Å². The molecule has 4 heterocycles. The van der Waals surface area contributed by atoms with E-state index in [1.807, 2.05) is 62.3 Å². The minimum atomic E-state index is -0.173. The minimum absolute atomic E-state index is 0.0405. The third kappa shape index (κ3) is 6.43. The molecule has 13 nitrogen and oxygen atoms in total. The van der Waals surface area contributed by atoms with Crippen LogP contribution in [0.25, 0.3) is 16.7 Å². The Morgan fingerprint density at radius 2 is 1.80 bits per heavy atom. The number of benzene rings is 1. The minimum Gasteiger partial charge on any atom is -0.479 e. The molecule has 51 heavy (non-hydrogen) atoms. The monoisotopic (exact) mass is 692 g/mol. The molecule has 4 saturated carbocycles. The summed E-state index contributed by atoms with van der Waals surface area (Å²) in [6.45, 7) is 6.22. The van der Waals surface area contributed by atoms with E-state index in [1.165, 1.54) is 19.3 Å². The van der Waals surface area contributed by atoms with E-state index in [2.05, 4.69) is 30.7 Å². The molecule has 1 saturated heterocycles. The summed E-state index contributed by atoms with van der Waals surface area (Å²) < 4.78 is 7.34. The number of nitrogens with zero attached hydrogens (tertiary/aromatic N) is 7. The summed E-state index contributed by atoms with van der Waals surface area (Å²) in [6.07, 6.45) is 8.01.